The molecule has 1 spiro atoms. The number of aliphatic hydroxyl groups excluding tert-OH is 1. The molecule has 1 saturated carbocycles. The summed E-state index contributed by atoms with van der Waals surface area (Å²) in [6.07, 6.45) is 7.91. The van der Waals surface area contributed by atoms with Crippen LogP contribution in [0.25, 0.3) is 0 Å². The molecule has 4 atom stereocenters. The van der Waals surface area contributed by atoms with Gasteiger partial charge in [-0.3, -0.25) is 0 Å². The molecule has 0 unspecified atom stereocenters. The van der Waals surface area contributed by atoms with E-state index in [0.717, 1.165) is 18.4 Å². The Morgan fingerprint density at radius 3 is 2.76 bits per heavy atom. The minimum atomic E-state index is -0.356. The molecule has 4 nitrogen and oxygen atoms in total. The molecule has 2 aliphatic heterocycles. The lowest BCUT2D eigenvalue weighted by molar-refractivity contribution is -0.192. The number of aliphatic hydroxyl groups is 1. The van der Waals surface area contributed by atoms with Gasteiger partial charge in [-0.2, -0.15) is 0 Å². The first-order chi connectivity index (χ1) is 8.31. The van der Waals surface area contributed by atoms with E-state index in [1.807, 2.05) is 6.08 Å². The number of hydrogen-bond acceptors (Lipinski definition) is 4. The number of ether oxygens (including phenoxy) is 3. The second-order valence-electron chi connectivity index (χ2n) is 5.56. The lowest BCUT2D eigenvalue weighted by Crippen LogP contribution is -2.34. The average molecular weight is 238 g/mol. The predicted molar refractivity (Wildman–Crippen MR) is 59.4 cm³/mol. The summed E-state index contributed by atoms with van der Waals surface area (Å²) in [6, 6.07) is 0. The normalized spacial score (nSPS) is 46.3. The van der Waals surface area contributed by atoms with Crippen LogP contribution in [0, 0.1) is 0 Å². The average Bonchev–Trinajstić information content (AvgIpc) is 3.07. The maximum Gasteiger partial charge on any atom is 0.169 e. The quantitative estimate of drug-likeness (QED) is 0.549. The highest BCUT2D eigenvalue weighted by Gasteiger charge is 2.60. The summed E-state index contributed by atoms with van der Waals surface area (Å²) >= 11 is 0. The molecule has 4 heteroatoms. The largest absolute Gasteiger partial charge is 0.392 e. The van der Waals surface area contributed by atoms with Crippen LogP contribution in [0.3, 0.4) is 0 Å². The summed E-state index contributed by atoms with van der Waals surface area (Å²) in [4.78, 5) is 0. The van der Waals surface area contributed by atoms with E-state index in [2.05, 4.69) is 0 Å². The number of rotatable bonds is 1. The summed E-state index contributed by atoms with van der Waals surface area (Å²) < 4.78 is 17.9. The lowest BCUT2D eigenvalue weighted by Gasteiger charge is -2.31. The monoisotopic (exact) mass is 238 g/mol. The maximum atomic E-state index is 9.27. The number of fused-ring (bicyclic) bond motifs is 3. The van der Waals surface area contributed by atoms with E-state index in [1.165, 1.54) is 19.3 Å². The fourth-order valence-electron chi connectivity index (χ4n) is 3.49. The van der Waals surface area contributed by atoms with Gasteiger partial charge in [0.25, 0.3) is 0 Å². The zero-order valence-corrected chi connectivity index (χ0v) is 9.80. The van der Waals surface area contributed by atoms with Crippen LogP contribution in [0.1, 0.15) is 32.1 Å². The Hall–Kier alpha value is -0.420. The summed E-state index contributed by atoms with van der Waals surface area (Å²) in [5, 5.41) is 9.27. The summed E-state index contributed by atoms with van der Waals surface area (Å²) in [6.45, 7) is 0.0702. The van der Waals surface area contributed by atoms with Crippen molar-refractivity contribution in [1.82, 2.24) is 0 Å². The topological polar surface area (TPSA) is 51.2 Å². The number of hydrogen-bond donors (Lipinski definition) is 1. The van der Waals surface area contributed by atoms with Crippen molar-refractivity contribution in [3.63, 3.8) is 0 Å². The Bertz CT molecular complexity index is 358. The fourth-order valence-corrected chi connectivity index (χ4v) is 3.49. The van der Waals surface area contributed by atoms with Crippen molar-refractivity contribution in [3.8, 4) is 0 Å². The predicted octanol–water partition coefficient (Wildman–Crippen LogP) is 1.13. The van der Waals surface area contributed by atoms with Gasteiger partial charge in [0.2, 0.25) is 0 Å². The van der Waals surface area contributed by atoms with Crippen molar-refractivity contribution in [2.75, 3.05) is 6.61 Å². The van der Waals surface area contributed by atoms with E-state index >= 15 is 0 Å². The second kappa shape index (κ2) is 3.54. The first-order valence-corrected chi connectivity index (χ1v) is 6.64. The minimum absolute atomic E-state index is 0.0148. The van der Waals surface area contributed by atoms with Crippen molar-refractivity contribution in [2.45, 2.75) is 62.3 Å². The standard InChI is InChI=1S/C13H18O4/c14-7-8-6-9-11(12-10(8)15-12)17-13(16-9)4-2-1-3-5-13/h6,9-12,14H,1-5,7H2/t9-,10+,11-,12+/m1/s1. The van der Waals surface area contributed by atoms with Gasteiger partial charge in [-0.25, -0.2) is 0 Å². The van der Waals surface area contributed by atoms with E-state index in [-0.39, 0.29) is 36.8 Å². The highest BCUT2D eigenvalue weighted by molar-refractivity contribution is 5.28. The zero-order valence-electron chi connectivity index (χ0n) is 9.80. The molecule has 0 aromatic carbocycles. The third-order valence-electron chi connectivity index (χ3n) is 4.42. The van der Waals surface area contributed by atoms with Crippen molar-refractivity contribution >= 4 is 0 Å². The molecule has 3 fully saturated rings. The molecule has 2 heterocycles. The second-order valence-corrected chi connectivity index (χ2v) is 5.56. The van der Waals surface area contributed by atoms with Crippen LogP contribution in [-0.2, 0) is 14.2 Å². The van der Waals surface area contributed by atoms with Gasteiger partial charge in [0, 0.05) is 12.8 Å². The van der Waals surface area contributed by atoms with Crippen LogP contribution in [0.4, 0.5) is 0 Å². The Morgan fingerprint density at radius 1 is 1.18 bits per heavy atom. The van der Waals surface area contributed by atoms with Gasteiger partial charge >= 0.3 is 0 Å². The van der Waals surface area contributed by atoms with E-state index in [1.54, 1.807) is 0 Å². The third-order valence-corrected chi connectivity index (χ3v) is 4.42. The Labute approximate surface area is 101 Å². The summed E-state index contributed by atoms with van der Waals surface area (Å²) in [7, 11) is 0. The first kappa shape index (κ1) is 10.5. The van der Waals surface area contributed by atoms with Crippen LogP contribution in [0.5, 0.6) is 0 Å². The smallest absolute Gasteiger partial charge is 0.169 e. The van der Waals surface area contributed by atoms with Crippen LogP contribution < -0.4 is 0 Å². The van der Waals surface area contributed by atoms with Crippen molar-refractivity contribution in [1.29, 1.82) is 0 Å². The molecule has 4 rings (SSSR count). The molecule has 2 aliphatic carbocycles. The molecule has 1 N–H and O–H groups in total. The van der Waals surface area contributed by atoms with Gasteiger partial charge in [0.1, 0.15) is 24.4 Å². The van der Waals surface area contributed by atoms with Gasteiger partial charge in [0.15, 0.2) is 5.79 Å². The molecule has 0 aromatic heterocycles. The maximum absolute atomic E-state index is 9.27. The molecular weight excluding hydrogens is 220 g/mol. The zero-order chi connectivity index (χ0) is 11.5. The van der Waals surface area contributed by atoms with Crippen molar-refractivity contribution in [3.05, 3.63) is 11.6 Å². The highest BCUT2D eigenvalue weighted by Crippen LogP contribution is 2.49. The molecular formula is C13H18O4. The Morgan fingerprint density at radius 2 is 2.00 bits per heavy atom. The number of epoxide rings is 1. The van der Waals surface area contributed by atoms with Crippen molar-refractivity contribution in [2.24, 2.45) is 0 Å². The van der Waals surface area contributed by atoms with Gasteiger partial charge in [-0.1, -0.05) is 6.42 Å². The molecule has 0 bridgehead atoms. The van der Waals surface area contributed by atoms with E-state index in [4.69, 9.17) is 14.2 Å². The van der Waals surface area contributed by atoms with Gasteiger partial charge in [-0.15, -0.1) is 0 Å². The molecule has 2 saturated heterocycles. The summed E-state index contributed by atoms with van der Waals surface area (Å²) in [5.41, 5.74) is 0.965. The SMILES string of the molecule is OCC1=C[C@H]2OC3(CCCCC3)O[C@H]2[C@H]2O[C@@H]12. The molecule has 0 aromatic rings. The minimum Gasteiger partial charge on any atom is -0.392 e. The molecule has 94 valence electrons. The van der Waals surface area contributed by atoms with E-state index in [9.17, 15) is 5.11 Å². The van der Waals surface area contributed by atoms with E-state index in [0.29, 0.717) is 0 Å². The van der Waals surface area contributed by atoms with Crippen LogP contribution >= 0.6 is 0 Å². The Balaban J connectivity index is 1.59. The Kier molecular flexibility index (Phi) is 2.19. The van der Waals surface area contributed by atoms with Crippen LogP contribution in [-0.4, -0.2) is 41.9 Å². The first-order valence-electron chi connectivity index (χ1n) is 6.64. The van der Waals surface area contributed by atoms with Gasteiger partial charge in [-0.05, 0) is 24.5 Å². The molecule has 17 heavy (non-hydrogen) atoms. The summed E-state index contributed by atoms with van der Waals surface area (Å²) in [5.74, 6) is -0.356. The van der Waals surface area contributed by atoms with Crippen LogP contribution in [0.2, 0.25) is 0 Å². The lowest BCUT2D eigenvalue weighted by atomic mass is 9.94. The molecule has 0 radical (unpaired) electrons. The van der Waals surface area contributed by atoms with E-state index < -0.39 is 0 Å². The van der Waals surface area contributed by atoms with Crippen molar-refractivity contribution < 1.29 is 19.3 Å². The molecule has 4 aliphatic rings. The third kappa shape index (κ3) is 1.51. The molecule has 0 amide bonds. The van der Waals surface area contributed by atoms with Gasteiger partial charge in [0.05, 0.1) is 6.61 Å². The van der Waals surface area contributed by atoms with Crippen LogP contribution in [0.15, 0.2) is 11.6 Å². The van der Waals surface area contributed by atoms with Gasteiger partial charge < -0.3 is 19.3 Å². The fraction of sp³-hybridized carbons (Fsp3) is 0.846. The highest BCUT2D eigenvalue weighted by atomic mass is 16.8.